The van der Waals surface area contributed by atoms with E-state index in [2.05, 4.69) is 0 Å². The Bertz CT molecular complexity index is 875. The molecule has 140 valence electrons. The molecule has 0 saturated heterocycles. The largest absolute Gasteiger partial charge is 0.298 e. The lowest BCUT2D eigenvalue weighted by Gasteiger charge is -2.19. The average Bonchev–Trinajstić information content (AvgIpc) is 3.01. The third-order valence-electron chi connectivity index (χ3n) is 4.74. The Labute approximate surface area is 161 Å². The third-order valence-corrected chi connectivity index (χ3v) is 9.35. The molecule has 0 spiro atoms. The zero-order valence-electron chi connectivity index (χ0n) is 14.3. The third kappa shape index (κ3) is 3.49. The van der Waals surface area contributed by atoms with Crippen molar-refractivity contribution >= 4 is 50.5 Å². The van der Waals surface area contributed by atoms with Gasteiger partial charge in [-0.05, 0) is 30.5 Å². The molecule has 0 amide bonds. The topological polar surface area (TPSA) is 85.3 Å². The summed E-state index contributed by atoms with van der Waals surface area (Å²) in [5.41, 5.74) is 0.746. The maximum absolute atomic E-state index is 12.8. The van der Waals surface area contributed by atoms with Gasteiger partial charge in [0.2, 0.25) is 0 Å². The van der Waals surface area contributed by atoms with Crippen molar-refractivity contribution in [1.82, 2.24) is 0 Å². The lowest BCUT2D eigenvalue weighted by Crippen LogP contribution is -2.35. The van der Waals surface area contributed by atoms with Gasteiger partial charge in [0, 0.05) is 29.7 Å². The molecule has 5 nitrogen and oxygen atoms in total. The fourth-order valence-electron chi connectivity index (χ4n) is 3.41. The van der Waals surface area contributed by atoms with E-state index in [-0.39, 0.29) is 47.2 Å². The molecule has 1 aromatic rings. The van der Waals surface area contributed by atoms with Gasteiger partial charge in [0.15, 0.2) is 27.2 Å². The van der Waals surface area contributed by atoms with Crippen molar-refractivity contribution in [3.8, 4) is 0 Å². The van der Waals surface area contributed by atoms with Crippen LogP contribution in [0, 0.1) is 5.92 Å². The van der Waals surface area contributed by atoms with E-state index in [1.54, 1.807) is 6.07 Å². The summed E-state index contributed by atoms with van der Waals surface area (Å²) in [6.45, 7) is 1.81. The van der Waals surface area contributed by atoms with Gasteiger partial charge in [-0.25, -0.2) is 8.42 Å². The molecule has 1 aromatic carbocycles. The predicted molar refractivity (Wildman–Crippen MR) is 101 cm³/mol. The van der Waals surface area contributed by atoms with Gasteiger partial charge >= 0.3 is 0 Å². The highest BCUT2D eigenvalue weighted by Crippen LogP contribution is 2.44. The Kier molecular flexibility index (Phi) is 5.61. The molecule has 1 aliphatic heterocycles. The minimum Gasteiger partial charge on any atom is -0.298 e. The summed E-state index contributed by atoms with van der Waals surface area (Å²) in [7, 11) is -3.25. The van der Waals surface area contributed by atoms with Gasteiger partial charge in [-0.1, -0.05) is 18.5 Å². The SMILES string of the molecule is CCCS(=O)(=O)C1Cc2c(ccc(C(=O)C3C(=O)CCCC3=O)c2Cl)S1. The molecule has 1 atom stereocenters. The van der Waals surface area contributed by atoms with Crippen LogP contribution in [0.3, 0.4) is 0 Å². The summed E-state index contributed by atoms with van der Waals surface area (Å²) in [6.07, 6.45) is 1.69. The zero-order valence-corrected chi connectivity index (χ0v) is 16.7. The van der Waals surface area contributed by atoms with E-state index < -0.39 is 26.1 Å². The van der Waals surface area contributed by atoms with E-state index in [9.17, 15) is 22.8 Å². The van der Waals surface area contributed by atoms with Gasteiger partial charge in [0.25, 0.3) is 0 Å². The van der Waals surface area contributed by atoms with E-state index in [1.165, 1.54) is 17.8 Å². The monoisotopic (exact) mass is 414 g/mol. The minimum absolute atomic E-state index is 0.104. The number of Topliss-reactive ketones (excluding diaryl/α,β-unsaturated/α-hetero) is 3. The van der Waals surface area contributed by atoms with Gasteiger partial charge in [-0.2, -0.15) is 0 Å². The van der Waals surface area contributed by atoms with Crippen LogP contribution in [-0.4, -0.2) is 36.1 Å². The van der Waals surface area contributed by atoms with Crippen molar-refractivity contribution in [1.29, 1.82) is 0 Å². The fraction of sp³-hybridized carbons (Fsp3) is 0.500. The zero-order chi connectivity index (χ0) is 19.1. The van der Waals surface area contributed by atoms with Crippen LogP contribution in [0.25, 0.3) is 0 Å². The number of thioether (sulfide) groups is 1. The van der Waals surface area contributed by atoms with Crippen molar-refractivity contribution in [3.63, 3.8) is 0 Å². The second kappa shape index (κ2) is 7.44. The van der Waals surface area contributed by atoms with Crippen LogP contribution < -0.4 is 0 Å². The molecular formula is C18H19ClO5S2. The fourth-order valence-corrected chi connectivity index (χ4v) is 7.25. The lowest BCUT2D eigenvalue weighted by atomic mass is 9.81. The van der Waals surface area contributed by atoms with Crippen molar-refractivity contribution in [3.05, 3.63) is 28.3 Å². The Morgan fingerprint density at radius 2 is 1.88 bits per heavy atom. The summed E-state index contributed by atoms with van der Waals surface area (Å²) in [4.78, 5) is 37.6. The molecule has 1 saturated carbocycles. The number of fused-ring (bicyclic) bond motifs is 1. The highest BCUT2D eigenvalue weighted by Gasteiger charge is 2.39. The first-order valence-electron chi connectivity index (χ1n) is 8.55. The van der Waals surface area contributed by atoms with Crippen LogP contribution in [0.4, 0.5) is 0 Å². The average molecular weight is 415 g/mol. The highest BCUT2D eigenvalue weighted by molar-refractivity contribution is 8.13. The van der Waals surface area contributed by atoms with Gasteiger partial charge in [-0.15, -0.1) is 11.8 Å². The molecule has 1 aliphatic carbocycles. The second-order valence-electron chi connectivity index (χ2n) is 6.61. The summed E-state index contributed by atoms with van der Waals surface area (Å²) < 4.78 is 24.1. The molecule has 1 unspecified atom stereocenters. The second-order valence-corrected chi connectivity index (χ2v) is 10.8. The van der Waals surface area contributed by atoms with E-state index >= 15 is 0 Å². The molecular weight excluding hydrogens is 396 g/mol. The Balaban J connectivity index is 1.91. The van der Waals surface area contributed by atoms with E-state index in [0.717, 1.165) is 4.90 Å². The van der Waals surface area contributed by atoms with E-state index in [4.69, 9.17) is 11.6 Å². The van der Waals surface area contributed by atoms with E-state index in [1.807, 2.05) is 6.92 Å². The van der Waals surface area contributed by atoms with E-state index in [0.29, 0.717) is 18.4 Å². The minimum atomic E-state index is -3.25. The number of hydrogen-bond acceptors (Lipinski definition) is 6. The lowest BCUT2D eigenvalue weighted by molar-refractivity contribution is -0.133. The molecule has 8 heteroatoms. The van der Waals surface area contributed by atoms with Crippen LogP contribution in [0.1, 0.15) is 48.5 Å². The molecule has 1 heterocycles. The summed E-state index contributed by atoms with van der Waals surface area (Å²) in [6, 6.07) is 3.17. The van der Waals surface area contributed by atoms with Crippen LogP contribution in [-0.2, 0) is 25.8 Å². The van der Waals surface area contributed by atoms with Crippen LogP contribution >= 0.6 is 23.4 Å². The van der Waals surface area contributed by atoms with Crippen molar-refractivity contribution < 1.29 is 22.8 Å². The van der Waals surface area contributed by atoms with Gasteiger partial charge < -0.3 is 0 Å². The molecule has 26 heavy (non-hydrogen) atoms. The maximum Gasteiger partial charge on any atom is 0.182 e. The van der Waals surface area contributed by atoms with Crippen LogP contribution in [0.5, 0.6) is 0 Å². The Morgan fingerprint density at radius 3 is 2.50 bits per heavy atom. The molecule has 1 fully saturated rings. The first kappa shape index (κ1) is 19.6. The van der Waals surface area contributed by atoms with Crippen molar-refractivity contribution in [2.75, 3.05) is 5.75 Å². The number of ketones is 3. The van der Waals surface area contributed by atoms with Crippen LogP contribution in [0.2, 0.25) is 5.02 Å². The molecule has 2 aliphatic rings. The summed E-state index contributed by atoms with van der Waals surface area (Å²) >= 11 is 7.64. The first-order valence-corrected chi connectivity index (χ1v) is 11.5. The summed E-state index contributed by atoms with van der Waals surface area (Å²) in [5, 5.41) is 0.167. The van der Waals surface area contributed by atoms with Crippen molar-refractivity contribution in [2.24, 2.45) is 5.92 Å². The molecule has 0 radical (unpaired) electrons. The number of rotatable bonds is 5. The Morgan fingerprint density at radius 1 is 1.23 bits per heavy atom. The number of carbonyl (C=O) groups excluding carboxylic acids is 3. The first-order chi connectivity index (χ1) is 12.3. The number of halogens is 1. The number of benzene rings is 1. The van der Waals surface area contributed by atoms with Gasteiger partial charge in [-0.3, -0.25) is 14.4 Å². The number of carbonyl (C=O) groups is 3. The maximum atomic E-state index is 12.8. The summed E-state index contributed by atoms with van der Waals surface area (Å²) in [5.74, 6) is -2.46. The standard InChI is InChI=1S/C18H19ClO5S2/c1-2-8-26(23,24)15-9-11-14(25-15)7-6-10(17(11)19)18(22)16-12(20)4-3-5-13(16)21/h6-7,15-16H,2-5,8-9H2,1H3. The van der Waals surface area contributed by atoms with Crippen LogP contribution in [0.15, 0.2) is 17.0 Å². The number of hydrogen-bond donors (Lipinski definition) is 0. The molecule has 3 rings (SSSR count). The van der Waals surface area contributed by atoms with Gasteiger partial charge in [0.05, 0.1) is 10.8 Å². The smallest absolute Gasteiger partial charge is 0.182 e. The van der Waals surface area contributed by atoms with Crippen molar-refractivity contribution in [2.45, 2.75) is 48.5 Å². The molecule has 0 bridgehead atoms. The molecule has 0 N–H and O–H groups in total. The predicted octanol–water partition coefficient (Wildman–Crippen LogP) is 3.26. The normalized spacial score (nSPS) is 21.1. The molecule has 0 aromatic heterocycles. The quantitative estimate of drug-likeness (QED) is 0.543. The highest BCUT2D eigenvalue weighted by atomic mass is 35.5. The number of sulfone groups is 1. The Hall–Kier alpha value is -1.18. The van der Waals surface area contributed by atoms with Gasteiger partial charge in [0.1, 0.15) is 10.5 Å².